The Morgan fingerprint density at radius 1 is 1.43 bits per heavy atom. The van der Waals surface area contributed by atoms with E-state index in [0.29, 0.717) is 0 Å². The standard InChI is InChI=1S/CH3Cl2N3S/c2-4-1(7)5-6-3/h6H,(H2,4,5,7). The van der Waals surface area contributed by atoms with E-state index in [4.69, 9.17) is 23.6 Å². The van der Waals surface area contributed by atoms with E-state index in [-0.39, 0.29) is 5.11 Å². The number of rotatable bonds is 1. The van der Waals surface area contributed by atoms with Crippen LogP contribution in [0.5, 0.6) is 0 Å². The summed E-state index contributed by atoms with van der Waals surface area (Å²) in [6.45, 7) is 0. The summed E-state index contributed by atoms with van der Waals surface area (Å²) in [6.07, 6.45) is 0. The lowest BCUT2D eigenvalue weighted by Crippen LogP contribution is -2.35. The molecule has 42 valence electrons. The van der Waals surface area contributed by atoms with Crippen LogP contribution in [0.1, 0.15) is 0 Å². The van der Waals surface area contributed by atoms with Crippen LogP contribution in [0, 0.1) is 0 Å². The fraction of sp³-hybridized carbons (Fsp3) is 0. The first kappa shape index (κ1) is 7.23. The smallest absolute Gasteiger partial charge is 0.196 e. The lowest BCUT2D eigenvalue weighted by molar-refractivity contribution is 0.908. The van der Waals surface area contributed by atoms with Gasteiger partial charge in [0.25, 0.3) is 0 Å². The Bertz CT molecular complexity index is 66.0. The minimum atomic E-state index is 0.233. The van der Waals surface area contributed by atoms with Gasteiger partial charge >= 0.3 is 0 Å². The Morgan fingerprint density at radius 2 is 2.00 bits per heavy atom. The highest BCUT2D eigenvalue weighted by Crippen LogP contribution is 1.64. The maximum absolute atomic E-state index is 4.98. The van der Waals surface area contributed by atoms with Gasteiger partial charge in [0.15, 0.2) is 5.11 Å². The molecule has 6 heteroatoms. The van der Waals surface area contributed by atoms with E-state index in [0.717, 1.165) is 0 Å². The minimum Gasteiger partial charge on any atom is -0.283 e. The van der Waals surface area contributed by atoms with Crippen molar-refractivity contribution >= 4 is 40.9 Å². The van der Waals surface area contributed by atoms with Crippen LogP contribution in [0.3, 0.4) is 0 Å². The molecule has 0 radical (unpaired) electrons. The van der Waals surface area contributed by atoms with Crippen molar-refractivity contribution in [1.82, 2.24) is 15.2 Å². The summed E-state index contributed by atoms with van der Waals surface area (Å²) in [5.74, 6) is 0. The molecule has 0 aliphatic rings. The summed E-state index contributed by atoms with van der Waals surface area (Å²) in [5, 5.41) is 0.233. The lowest BCUT2D eigenvalue weighted by atomic mass is 11.2. The SMILES string of the molecule is S=C(NCl)NNCl. The molecule has 0 rings (SSSR count). The highest BCUT2D eigenvalue weighted by Gasteiger charge is 1.83. The first-order chi connectivity index (χ1) is 3.31. The van der Waals surface area contributed by atoms with Gasteiger partial charge in [0.1, 0.15) is 0 Å². The van der Waals surface area contributed by atoms with Crippen molar-refractivity contribution in [3.05, 3.63) is 0 Å². The third-order valence-corrected chi connectivity index (χ3v) is 0.846. The van der Waals surface area contributed by atoms with Crippen molar-refractivity contribution in [3.63, 3.8) is 0 Å². The molecule has 0 aromatic heterocycles. The third kappa shape index (κ3) is 4.08. The predicted molar refractivity (Wildman–Crippen MR) is 33.7 cm³/mol. The molecule has 0 spiro atoms. The largest absolute Gasteiger partial charge is 0.283 e. The Labute approximate surface area is 56.5 Å². The molecule has 0 saturated heterocycles. The fourth-order valence-electron chi connectivity index (χ4n) is 0.0665. The van der Waals surface area contributed by atoms with E-state index in [9.17, 15) is 0 Å². The number of hydrazine groups is 1. The van der Waals surface area contributed by atoms with E-state index in [1.54, 1.807) is 0 Å². The molecule has 0 saturated carbocycles. The van der Waals surface area contributed by atoms with Gasteiger partial charge in [0.05, 0.1) is 0 Å². The number of hydrogen-bond acceptors (Lipinski definition) is 2. The summed E-state index contributed by atoms with van der Waals surface area (Å²) >= 11 is 14.4. The van der Waals surface area contributed by atoms with Gasteiger partial charge in [0.2, 0.25) is 0 Å². The van der Waals surface area contributed by atoms with Gasteiger partial charge < -0.3 is 0 Å². The molecule has 0 unspecified atom stereocenters. The van der Waals surface area contributed by atoms with Crippen LogP contribution in [0.15, 0.2) is 0 Å². The highest BCUT2D eigenvalue weighted by atomic mass is 35.5. The molecule has 7 heavy (non-hydrogen) atoms. The van der Waals surface area contributed by atoms with Crippen LogP contribution in [-0.4, -0.2) is 5.11 Å². The first-order valence-corrected chi connectivity index (χ1v) is 2.50. The average molecular weight is 160 g/mol. The molecule has 0 fully saturated rings. The second-order valence-corrected chi connectivity index (χ2v) is 1.43. The van der Waals surface area contributed by atoms with Gasteiger partial charge in [-0.1, -0.05) is 0 Å². The Balaban J connectivity index is 3.00. The summed E-state index contributed by atoms with van der Waals surface area (Å²) in [4.78, 5) is 4.16. The maximum atomic E-state index is 4.98. The maximum Gasteiger partial charge on any atom is 0.196 e. The number of thiocarbonyl (C=S) groups is 1. The second-order valence-electron chi connectivity index (χ2n) is 0.643. The van der Waals surface area contributed by atoms with Crippen molar-refractivity contribution < 1.29 is 0 Å². The summed E-state index contributed by atoms with van der Waals surface area (Å²) in [5.41, 5.74) is 2.30. The first-order valence-electron chi connectivity index (χ1n) is 1.33. The fourth-order valence-corrected chi connectivity index (χ4v) is 0.315. The normalized spacial score (nSPS) is 7.71. The Hall–Kier alpha value is 0.230. The highest BCUT2D eigenvalue weighted by molar-refractivity contribution is 7.80. The van der Waals surface area contributed by atoms with Gasteiger partial charge in [0, 0.05) is 11.8 Å². The van der Waals surface area contributed by atoms with Crippen molar-refractivity contribution in [2.24, 2.45) is 0 Å². The third-order valence-electron chi connectivity index (χ3n) is 0.247. The zero-order valence-corrected chi connectivity index (χ0v) is 5.49. The average Bonchev–Trinajstić information content (AvgIpc) is 1.68. The molecule has 0 aromatic rings. The molecule has 0 bridgehead atoms. The molecular formula is CH3Cl2N3S. The zero-order chi connectivity index (χ0) is 5.70. The van der Waals surface area contributed by atoms with Crippen molar-refractivity contribution in [1.29, 1.82) is 0 Å². The Morgan fingerprint density at radius 3 is 2.14 bits per heavy atom. The molecule has 3 N–H and O–H groups in total. The van der Waals surface area contributed by atoms with Crippen LogP contribution in [0.25, 0.3) is 0 Å². The molecule has 3 nitrogen and oxygen atoms in total. The summed E-state index contributed by atoms with van der Waals surface area (Å²) in [6, 6.07) is 0. The van der Waals surface area contributed by atoms with E-state index in [2.05, 4.69) is 27.4 Å². The van der Waals surface area contributed by atoms with Gasteiger partial charge in [-0.15, -0.1) is 4.94 Å². The quantitative estimate of drug-likeness (QED) is 0.292. The van der Waals surface area contributed by atoms with Gasteiger partial charge in [-0.3, -0.25) is 10.3 Å². The van der Waals surface area contributed by atoms with Crippen molar-refractivity contribution in [3.8, 4) is 0 Å². The number of nitrogens with one attached hydrogen (secondary N) is 3. The van der Waals surface area contributed by atoms with Gasteiger partial charge in [-0.05, 0) is 24.0 Å². The van der Waals surface area contributed by atoms with Crippen LogP contribution in [-0.2, 0) is 0 Å². The molecular weight excluding hydrogens is 157 g/mol. The van der Waals surface area contributed by atoms with Gasteiger partial charge in [-0.25, -0.2) is 0 Å². The zero-order valence-electron chi connectivity index (χ0n) is 3.16. The topological polar surface area (TPSA) is 36.1 Å². The lowest BCUT2D eigenvalue weighted by Gasteiger charge is -1.97. The van der Waals surface area contributed by atoms with E-state index < -0.39 is 0 Å². The number of halogens is 2. The molecule has 0 heterocycles. The molecule has 0 amide bonds. The molecule has 0 atom stereocenters. The summed E-state index contributed by atoms with van der Waals surface area (Å²) < 4.78 is 0. The van der Waals surface area contributed by atoms with Crippen molar-refractivity contribution in [2.75, 3.05) is 0 Å². The van der Waals surface area contributed by atoms with Crippen LogP contribution < -0.4 is 15.2 Å². The van der Waals surface area contributed by atoms with Gasteiger partial charge in [-0.2, -0.15) is 0 Å². The van der Waals surface area contributed by atoms with Crippen molar-refractivity contribution in [2.45, 2.75) is 0 Å². The van der Waals surface area contributed by atoms with Crippen LogP contribution >= 0.6 is 35.8 Å². The Kier molecular flexibility index (Phi) is 4.53. The predicted octanol–water partition coefficient (Wildman–Crippen LogP) is 0.263. The number of hydrogen-bond donors (Lipinski definition) is 3. The minimum absolute atomic E-state index is 0.233. The van der Waals surface area contributed by atoms with E-state index in [1.807, 2.05) is 0 Å². The van der Waals surface area contributed by atoms with E-state index in [1.165, 1.54) is 0 Å². The molecule has 0 aromatic carbocycles. The van der Waals surface area contributed by atoms with Crippen LogP contribution in [0.4, 0.5) is 0 Å². The summed E-state index contributed by atoms with van der Waals surface area (Å²) in [7, 11) is 0. The molecule has 0 aliphatic carbocycles. The van der Waals surface area contributed by atoms with Crippen LogP contribution in [0.2, 0.25) is 0 Å². The van der Waals surface area contributed by atoms with E-state index >= 15 is 0 Å². The molecule has 0 aliphatic heterocycles. The monoisotopic (exact) mass is 159 g/mol. The second kappa shape index (κ2) is 4.39.